The third kappa shape index (κ3) is 3.32. The summed E-state index contributed by atoms with van der Waals surface area (Å²) in [7, 11) is 0. The zero-order valence-corrected chi connectivity index (χ0v) is 14.6. The van der Waals surface area contributed by atoms with Gasteiger partial charge in [0.05, 0.1) is 17.9 Å². The molecular formula is C17H18N6O3. The number of tetrazole rings is 1. The maximum Gasteiger partial charge on any atom is 0.340 e. The zero-order valence-electron chi connectivity index (χ0n) is 14.6. The average Bonchev–Trinajstić information content (AvgIpc) is 3.24. The fourth-order valence-corrected chi connectivity index (χ4v) is 2.66. The third-order valence-electron chi connectivity index (χ3n) is 3.88. The number of anilines is 1. The van der Waals surface area contributed by atoms with Crippen molar-refractivity contribution in [2.45, 2.75) is 20.8 Å². The van der Waals surface area contributed by atoms with Crippen molar-refractivity contribution in [3.63, 3.8) is 0 Å². The Morgan fingerprint density at radius 3 is 2.58 bits per heavy atom. The van der Waals surface area contributed by atoms with Crippen molar-refractivity contribution in [2.75, 3.05) is 11.9 Å². The summed E-state index contributed by atoms with van der Waals surface area (Å²) in [5, 5.41) is 13.8. The molecule has 0 bridgehead atoms. The second kappa shape index (κ2) is 7.18. The van der Waals surface area contributed by atoms with Crippen LogP contribution in [0.3, 0.4) is 0 Å². The summed E-state index contributed by atoms with van der Waals surface area (Å²) in [5.74, 6) is -0.778. The molecular weight excluding hydrogens is 336 g/mol. The molecule has 2 heterocycles. The van der Waals surface area contributed by atoms with Gasteiger partial charge in [-0.1, -0.05) is 0 Å². The number of carbonyl (C=O) groups excluding carboxylic acids is 2. The smallest absolute Gasteiger partial charge is 0.340 e. The van der Waals surface area contributed by atoms with Crippen molar-refractivity contribution in [1.29, 1.82) is 0 Å². The van der Waals surface area contributed by atoms with Crippen LogP contribution < -0.4 is 5.32 Å². The van der Waals surface area contributed by atoms with Crippen LogP contribution in [-0.4, -0.2) is 43.7 Å². The Bertz CT molecular complexity index is 928. The number of carbonyl (C=O) groups is 2. The average molecular weight is 354 g/mol. The van der Waals surface area contributed by atoms with Gasteiger partial charge < -0.3 is 15.0 Å². The van der Waals surface area contributed by atoms with Gasteiger partial charge in [-0.3, -0.25) is 4.79 Å². The van der Waals surface area contributed by atoms with E-state index in [0.29, 0.717) is 28.2 Å². The molecule has 3 rings (SSSR count). The molecule has 0 unspecified atom stereocenters. The van der Waals surface area contributed by atoms with E-state index < -0.39 is 5.97 Å². The van der Waals surface area contributed by atoms with Crippen molar-refractivity contribution in [3.8, 4) is 5.69 Å². The summed E-state index contributed by atoms with van der Waals surface area (Å²) in [6, 6.07) is 7.05. The molecule has 0 spiro atoms. The van der Waals surface area contributed by atoms with Crippen LogP contribution in [0, 0.1) is 13.8 Å². The number of H-pyrrole nitrogens is 1. The molecule has 9 nitrogen and oxygen atoms in total. The molecule has 0 atom stereocenters. The van der Waals surface area contributed by atoms with Crippen LogP contribution in [0.5, 0.6) is 0 Å². The van der Waals surface area contributed by atoms with Crippen LogP contribution in [0.2, 0.25) is 0 Å². The van der Waals surface area contributed by atoms with Gasteiger partial charge in [-0.2, -0.15) is 0 Å². The van der Waals surface area contributed by atoms with Crippen LogP contribution in [0.15, 0.2) is 30.6 Å². The van der Waals surface area contributed by atoms with Gasteiger partial charge in [-0.25, -0.2) is 9.48 Å². The molecule has 134 valence electrons. The number of rotatable bonds is 5. The SMILES string of the molecule is CCOC(=O)c1c(C)[nH]c(C(=O)Nc2ccc(-n3cnnn3)cc2)c1C. The lowest BCUT2D eigenvalue weighted by molar-refractivity contribution is 0.0525. The molecule has 0 fully saturated rings. The highest BCUT2D eigenvalue weighted by Gasteiger charge is 2.22. The van der Waals surface area contributed by atoms with Crippen LogP contribution >= 0.6 is 0 Å². The Balaban J connectivity index is 1.78. The minimum atomic E-state index is -0.441. The van der Waals surface area contributed by atoms with E-state index in [0.717, 1.165) is 5.69 Å². The number of esters is 1. The summed E-state index contributed by atoms with van der Waals surface area (Å²) in [6.45, 7) is 5.46. The molecule has 0 saturated carbocycles. The largest absolute Gasteiger partial charge is 0.462 e. The fourth-order valence-electron chi connectivity index (χ4n) is 2.66. The molecule has 0 aliphatic rings. The van der Waals surface area contributed by atoms with E-state index in [1.165, 1.54) is 11.0 Å². The van der Waals surface area contributed by atoms with Crippen LogP contribution in [0.1, 0.15) is 39.0 Å². The normalized spacial score (nSPS) is 10.6. The van der Waals surface area contributed by atoms with E-state index in [9.17, 15) is 9.59 Å². The van der Waals surface area contributed by atoms with Gasteiger partial charge in [0, 0.05) is 11.4 Å². The molecule has 0 saturated heterocycles. The van der Waals surface area contributed by atoms with Gasteiger partial charge in [-0.05, 0) is 61.0 Å². The molecule has 0 aliphatic heterocycles. The van der Waals surface area contributed by atoms with Gasteiger partial charge >= 0.3 is 5.97 Å². The molecule has 1 amide bonds. The summed E-state index contributed by atoms with van der Waals surface area (Å²) in [4.78, 5) is 27.6. The van der Waals surface area contributed by atoms with E-state index in [-0.39, 0.29) is 12.5 Å². The summed E-state index contributed by atoms with van der Waals surface area (Å²) in [5.41, 5.74) is 3.26. The maximum atomic E-state index is 12.6. The van der Waals surface area contributed by atoms with Crippen LogP contribution in [0.25, 0.3) is 5.69 Å². The maximum absolute atomic E-state index is 12.6. The highest BCUT2D eigenvalue weighted by Crippen LogP contribution is 2.21. The van der Waals surface area contributed by atoms with Gasteiger partial charge in [0.15, 0.2) is 0 Å². The number of hydrogen-bond acceptors (Lipinski definition) is 6. The topological polar surface area (TPSA) is 115 Å². The molecule has 2 aromatic heterocycles. The Labute approximate surface area is 149 Å². The molecule has 26 heavy (non-hydrogen) atoms. The van der Waals surface area contributed by atoms with Crippen molar-refractivity contribution in [1.82, 2.24) is 25.2 Å². The lowest BCUT2D eigenvalue weighted by atomic mass is 10.1. The van der Waals surface area contributed by atoms with E-state index in [1.807, 2.05) is 0 Å². The number of hydrogen-bond donors (Lipinski definition) is 2. The predicted molar refractivity (Wildman–Crippen MR) is 93.3 cm³/mol. The number of nitrogens with zero attached hydrogens (tertiary/aromatic N) is 4. The number of aromatic nitrogens is 5. The molecule has 1 aromatic carbocycles. The first-order valence-electron chi connectivity index (χ1n) is 8.02. The molecule has 3 aromatic rings. The number of aryl methyl sites for hydroxylation is 1. The molecule has 0 radical (unpaired) electrons. The Morgan fingerprint density at radius 1 is 1.23 bits per heavy atom. The van der Waals surface area contributed by atoms with E-state index in [1.54, 1.807) is 45.0 Å². The van der Waals surface area contributed by atoms with E-state index >= 15 is 0 Å². The monoisotopic (exact) mass is 354 g/mol. The van der Waals surface area contributed by atoms with Gasteiger partial charge in [-0.15, -0.1) is 5.10 Å². The summed E-state index contributed by atoms with van der Waals surface area (Å²) >= 11 is 0. The highest BCUT2D eigenvalue weighted by atomic mass is 16.5. The van der Waals surface area contributed by atoms with Crippen molar-refractivity contribution >= 4 is 17.6 Å². The minimum absolute atomic E-state index is 0.276. The number of amides is 1. The second-order valence-corrected chi connectivity index (χ2v) is 5.60. The zero-order chi connectivity index (χ0) is 18.7. The first-order chi connectivity index (χ1) is 12.5. The quantitative estimate of drug-likeness (QED) is 0.678. The number of nitrogens with one attached hydrogen (secondary N) is 2. The predicted octanol–water partition coefficient (Wildman–Crippen LogP) is 2.04. The van der Waals surface area contributed by atoms with E-state index in [2.05, 4.69) is 25.8 Å². The second-order valence-electron chi connectivity index (χ2n) is 5.60. The number of benzene rings is 1. The van der Waals surface area contributed by atoms with Crippen molar-refractivity contribution in [3.05, 3.63) is 53.1 Å². The summed E-state index contributed by atoms with van der Waals surface area (Å²) < 4.78 is 6.55. The van der Waals surface area contributed by atoms with Gasteiger partial charge in [0.1, 0.15) is 12.0 Å². The first-order valence-corrected chi connectivity index (χ1v) is 8.02. The molecule has 9 heteroatoms. The summed E-state index contributed by atoms with van der Waals surface area (Å²) in [6.07, 6.45) is 1.48. The van der Waals surface area contributed by atoms with Crippen LogP contribution in [-0.2, 0) is 4.74 Å². The fraction of sp³-hybridized carbons (Fsp3) is 0.235. The minimum Gasteiger partial charge on any atom is -0.462 e. The Morgan fingerprint density at radius 2 is 1.96 bits per heavy atom. The van der Waals surface area contributed by atoms with Gasteiger partial charge in [0.25, 0.3) is 5.91 Å². The number of aromatic amines is 1. The first kappa shape index (κ1) is 17.3. The molecule has 0 aliphatic carbocycles. The highest BCUT2D eigenvalue weighted by molar-refractivity contribution is 6.06. The third-order valence-corrected chi connectivity index (χ3v) is 3.88. The van der Waals surface area contributed by atoms with Crippen molar-refractivity contribution in [2.24, 2.45) is 0 Å². The Hall–Kier alpha value is -3.49. The lowest BCUT2D eigenvalue weighted by Crippen LogP contribution is -2.14. The number of ether oxygens (including phenoxy) is 1. The van der Waals surface area contributed by atoms with Gasteiger partial charge in [0.2, 0.25) is 0 Å². The standard InChI is InChI=1S/C17H18N6O3/c1-4-26-17(25)14-10(2)15(19-11(14)3)16(24)20-12-5-7-13(8-6-12)23-9-18-21-22-23/h5-9,19H,4H2,1-3H3,(H,20,24). The van der Waals surface area contributed by atoms with Crippen molar-refractivity contribution < 1.29 is 14.3 Å². The Kier molecular flexibility index (Phi) is 4.78. The lowest BCUT2D eigenvalue weighted by Gasteiger charge is -2.06. The van der Waals surface area contributed by atoms with E-state index in [4.69, 9.17) is 4.74 Å². The molecule has 2 N–H and O–H groups in total. The van der Waals surface area contributed by atoms with Crippen LogP contribution in [0.4, 0.5) is 5.69 Å².